The Morgan fingerprint density at radius 1 is 0.556 bits per heavy atom. The molecular weight excluding hydrogens is 655 g/mol. The molecule has 0 fully saturated rings. The fourth-order valence-corrected chi connectivity index (χ4v) is 9.31. The Morgan fingerprint density at radius 3 is 2.09 bits per heavy atom. The molecule has 0 bridgehead atoms. The first-order chi connectivity index (χ1) is 26.7. The molecule has 2 aliphatic carbocycles. The van der Waals surface area contributed by atoms with Crippen molar-refractivity contribution in [2.24, 2.45) is 0 Å². The van der Waals surface area contributed by atoms with Crippen molar-refractivity contribution in [1.82, 2.24) is 0 Å². The fourth-order valence-electron chi connectivity index (χ4n) is 9.31. The lowest BCUT2D eigenvalue weighted by Crippen LogP contribution is -2.10. The van der Waals surface area contributed by atoms with Gasteiger partial charge in [-0.25, -0.2) is 0 Å². The van der Waals surface area contributed by atoms with Gasteiger partial charge in [0.2, 0.25) is 0 Å². The molecule has 0 amide bonds. The number of hydrogen-bond acceptors (Lipinski definition) is 2. The lowest BCUT2D eigenvalue weighted by molar-refractivity contribution is 0.670. The molecule has 0 N–H and O–H groups in total. The molecule has 2 nitrogen and oxygen atoms in total. The zero-order chi connectivity index (χ0) is 35.8. The second-order valence-electron chi connectivity index (χ2n) is 14.7. The van der Waals surface area contributed by atoms with Crippen LogP contribution in [0.15, 0.2) is 180 Å². The summed E-state index contributed by atoms with van der Waals surface area (Å²) in [7, 11) is 0. The summed E-state index contributed by atoms with van der Waals surface area (Å²) in [6, 6.07) is 57.4. The highest BCUT2D eigenvalue weighted by atomic mass is 16.3. The number of furan rings is 1. The first-order valence-electron chi connectivity index (χ1n) is 19.1. The molecule has 256 valence electrons. The van der Waals surface area contributed by atoms with E-state index in [9.17, 15) is 0 Å². The minimum atomic E-state index is 0.234. The van der Waals surface area contributed by atoms with Crippen LogP contribution >= 0.6 is 0 Å². The van der Waals surface area contributed by atoms with Gasteiger partial charge in [-0.3, -0.25) is 0 Å². The largest absolute Gasteiger partial charge is 0.453 e. The van der Waals surface area contributed by atoms with E-state index in [0.29, 0.717) is 0 Å². The Morgan fingerprint density at radius 2 is 1.26 bits per heavy atom. The summed E-state index contributed by atoms with van der Waals surface area (Å²) in [5.74, 6) is 0.234. The number of hydrogen-bond donors (Lipinski definition) is 0. The maximum absolute atomic E-state index is 7.36. The number of fused-ring (bicyclic) bond motifs is 11. The summed E-state index contributed by atoms with van der Waals surface area (Å²) in [6.07, 6.45) is 8.95. The lowest BCUT2D eigenvalue weighted by Gasteiger charge is -2.26. The molecule has 54 heavy (non-hydrogen) atoms. The number of anilines is 3. The van der Waals surface area contributed by atoms with E-state index in [-0.39, 0.29) is 5.92 Å². The molecule has 0 saturated heterocycles. The van der Waals surface area contributed by atoms with Crippen LogP contribution in [0.1, 0.15) is 42.4 Å². The van der Waals surface area contributed by atoms with Gasteiger partial charge in [-0.05, 0) is 104 Å². The Kier molecular flexibility index (Phi) is 7.00. The van der Waals surface area contributed by atoms with E-state index < -0.39 is 0 Å². The van der Waals surface area contributed by atoms with Gasteiger partial charge in [0.05, 0.1) is 5.69 Å². The van der Waals surface area contributed by atoms with Gasteiger partial charge in [0.25, 0.3) is 0 Å². The van der Waals surface area contributed by atoms with Gasteiger partial charge >= 0.3 is 0 Å². The van der Waals surface area contributed by atoms with Gasteiger partial charge in [-0.1, -0.05) is 153 Å². The average molecular weight is 692 g/mol. The van der Waals surface area contributed by atoms with Crippen LogP contribution in [0.2, 0.25) is 0 Å². The second-order valence-corrected chi connectivity index (χ2v) is 14.7. The zero-order valence-electron chi connectivity index (χ0n) is 30.1. The highest BCUT2D eigenvalue weighted by Gasteiger charge is 2.35. The molecule has 11 rings (SSSR count). The van der Waals surface area contributed by atoms with Crippen molar-refractivity contribution >= 4 is 66.1 Å². The summed E-state index contributed by atoms with van der Waals surface area (Å²) in [5, 5.41) is 7.29. The maximum Gasteiger partial charge on any atom is 0.159 e. The Labute approximate surface area is 314 Å². The first-order valence-corrected chi connectivity index (χ1v) is 19.1. The Balaban J connectivity index is 1.18. The maximum atomic E-state index is 7.36. The number of benzene rings is 8. The van der Waals surface area contributed by atoms with Crippen LogP contribution in [-0.2, 0) is 0 Å². The second kappa shape index (κ2) is 12.2. The molecule has 0 aliphatic heterocycles. The van der Waals surface area contributed by atoms with E-state index in [4.69, 9.17) is 4.42 Å². The summed E-state index contributed by atoms with van der Waals surface area (Å²) in [5.41, 5.74) is 15.6. The van der Waals surface area contributed by atoms with E-state index in [1.54, 1.807) is 0 Å². The van der Waals surface area contributed by atoms with Crippen LogP contribution < -0.4 is 4.90 Å². The van der Waals surface area contributed by atoms with Crippen LogP contribution in [0.25, 0.3) is 71.3 Å². The predicted octanol–water partition coefficient (Wildman–Crippen LogP) is 14.9. The minimum Gasteiger partial charge on any atom is -0.453 e. The summed E-state index contributed by atoms with van der Waals surface area (Å²) in [6.45, 7) is 2.39. The van der Waals surface area contributed by atoms with Gasteiger partial charge in [0.1, 0.15) is 5.58 Å². The standard InChI is InChI=1S/C52H37NO/c1-33-47-41(37-17-6-3-7-18-37)22-12-23-44(47)50-48(33)42-20-10-11-21-43(42)49-45-24-13-25-46(51(45)54-52(49)50)53(40-31-28-35-16-8-9-19-38(35)32-40)39-29-26-36(27-30-39)34-14-4-2-5-15-34/h2-6,8-17,19-33H,7,18H2,1H3. The normalized spacial score (nSPS) is 14.8. The predicted molar refractivity (Wildman–Crippen MR) is 228 cm³/mol. The minimum absolute atomic E-state index is 0.234. The fraction of sp³-hybridized carbons (Fsp3) is 0.0769. The molecular formula is C52H37NO. The van der Waals surface area contributed by atoms with Crippen molar-refractivity contribution in [3.63, 3.8) is 0 Å². The van der Waals surface area contributed by atoms with E-state index in [1.807, 2.05) is 0 Å². The third-order valence-corrected chi connectivity index (χ3v) is 11.7. The molecule has 1 atom stereocenters. The molecule has 9 aromatic rings. The van der Waals surface area contributed by atoms with Crippen LogP contribution in [0.5, 0.6) is 0 Å². The van der Waals surface area contributed by atoms with E-state index in [2.05, 4.69) is 188 Å². The van der Waals surface area contributed by atoms with Crippen LogP contribution in [0, 0.1) is 0 Å². The third kappa shape index (κ3) is 4.66. The van der Waals surface area contributed by atoms with Crippen molar-refractivity contribution < 1.29 is 4.42 Å². The SMILES string of the molecule is CC1c2c(C3=CC=CCC3)cccc2-c2c1c1ccccc1c1c2oc2c(N(c3ccc(-c4ccccc4)cc3)c3ccc4ccccc4c3)cccc21. The molecule has 0 saturated carbocycles. The quantitative estimate of drug-likeness (QED) is 0.179. The first kappa shape index (κ1) is 30.9. The topological polar surface area (TPSA) is 16.4 Å². The zero-order valence-corrected chi connectivity index (χ0v) is 30.1. The lowest BCUT2D eigenvalue weighted by atomic mass is 9.87. The van der Waals surface area contributed by atoms with Crippen molar-refractivity contribution in [2.75, 3.05) is 4.90 Å². The molecule has 0 spiro atoms. The van der Waals surface area contributed by atoms with Gasteiger partial charge in [-0.15, -0.1) is 0 Å². The van der Waals surface area contributed by atoms with Crippen LogP contribution in [0.3, 0.4) is 0 Å². The monoisotopic (exact) mass is 691 g/mol. The highest BCUT2D eigenvalue weighted by molar-refractivity contribution is 6.26. The van der Waals surface area contributed by atoms with E-state index >= 15 is 0 Å². The smallest absolute Gasteiger partial charge is 0.159 e. The molecule has 2 heteroatoms. The van der Waals surface area contributed by atoms with E-state index in [1.165, 1.54) is 71.4 Å². The third-order valence-electron chi connectivity index (χ3n) is 11.7. The summed E-state index contributed by atoms with van der Waals surface area (Å²) >= 11 is 0. The molecule has 1 unspecified atom stereocenters. The average Bonchev–Trinajstić information content (AvgIpc) is 3.78. The number of allylic oxidation sites excluding steroid dienone is 4. The van der Waals surface area contributed by atoms with Crippen molar-refractivity contribution in [3.8, 4) is 22.3 Å². The molecule has 1 heterocycles. The Bertz CT molecular complexity index is 3000. The summed E-state index contributed by atoms with van der Waals surface area (Å²) in [4.78, 5) is 2.37. The van der Waals surface area contributed by atoms with Crippen LogP contribution in [0.4, 0.5) is 17.1 Å². The Hall–Kier alpha value is -6.64. The molecule has 8 aromatic carbocycles. The van der Waals surface area contributed by atoms with Gasteiger partial charge in [0.15, 0.2) is 5.58 Å². The van der Waals surface area contributed by atoms with Crippen molar-refractivity contribution in [3.05, 3.63) is 193 Å². The number of rotatable bonds is 5. The molecule has 0 radical (unpaired) electrons. The van der Waals surface area contributed by atoms with Gasteiger partial charge in [-0.2, -0.15) is 0 Å². The van der Waals surface area contributed by atoms with Crippen LogP contribution in [-0.4, -0.2) is 0 Å². The molecule has 1 aromatic heterocycles. The van der Waals surface area contributed by atoms with Crippen molar-refractivity contribution in [1.29, 1.82) is 0 Å². The molecule has 2 aliphatic rings. The highest BCUT2D eigenvalue weighted by Crippen LogP contribution is 2.56. The van der Waals surface area contributed by atoms with E-state index in [0.717, 1.165) is 46.5 Å². The van der Waals surface area contributed by atoms with Gasteiger partial charge < -0.3 is 9.32 Å². The van der Waals surface area contributed by atoms with Crippen molar-refractivity contribution in [2.45, 2.75) is 25.7 Å². The summed E-state index contributed by atoms with van der Waals surface area (Å²) < 4.78 is 7.36. The number of nitrogens with zero attached hydrogens (tertiary/aromatic N) is 1. The number of para-hydroxylation sites is 1. The van der Waals surface area contributed by atoms with Gasteiger partial charge in [0, 0.05) is 33.6 Å².